The van der Waals surface area contributed by atoms with Crippen LogP contribution in [-0.4, -0.2) is 27.8 Å². The molecule has 0 atom stereocenters. The van der Waals surface area contributed by atoms with Crippen molar-refractivity contribution in [3.05, 3.63) is 72.1 Å². The predicted molar refractivity (Wildman–Crippen MR) is 101 cm³/mol. The molecular formula is C20H22N4O2. The van der Waals surface area contributed by atoms with Gasteiger partial charge in [-0.3, -0.25) is 4.68 Å². The second-order valence-corrected chi connectivity index (χ2v) is 6.25. The Balaban J connectivity index is 1.56. The lowest BCUT2D eigenvalue weighted by Crippen LogP contribution is -2.30. The number of carbonyl (C=O) groups is 1. The highest BCUT2D eigenvalue weighted by Gasteiger charge is 2.10. The summed E-state index contributed by atoms with van der Waals surface area (Å²) < 4.78 is 7.51. The fourth-order valence-corrected chi connectivity index (χ4v) is 2.47. The molecule has 0 bridgehead atoms. The molecule has 0 radical (unpaired) electrons. The van der Waals surface area contributed by atoms with Crippen LogP contribution >= 0.6 is 0 Å². The Kier molecular flexibility index (Phi) is 5.22. The molecule has 1 heterocycles. The topological polar surface area (TPSA) is 59.4 Å². The zero-order valence-electron chi connectivity index (χ0n) is 15.1. The monoisotopic (exact) mass is 350 g/mol. The number of nitrogens with one attached hydrogen (secondary N) is 1. The van der Waals surface area contributed by atoms with Crippen molar-refractivity contribution in [2.45, 2.75) is 13.5 Å². The average molecular weight is 350 g/mol. The fraction of sp³-hybridized carbons (Fsp3) is 0.200. The van der Waals surface area contributed by atoms with Crippen molar-refractivity contribution in [1.29, 1.82) is 0 Å². The maximum absolute atomic E-state index is 12.3. The Morgan fingerprint density at radius 3 is 2.31 bits per heavy atom. The first-order valence-corrected chi connectivity index (χ1v) is 8.34. The maximum Gasteiger partial charge on any atom is 0.321 e. The van der Waals surface area contributed by atoms with E-state index in [-0.39, 0.29) is 6.03 Å². The number of amides is 2. The molecule has 1 aromatic heterocycles. The first kappa shape index (κ1) is 17.5. The molecule has 6 nitrogen and oxygen atoms in total. The van der Waals surface area contributed by atoms with Crippen LogP contribution in [0.1, 0.15) is 11.1 Å². The molecule has 0 spiro atoms. The number of hydrogen-bond acceptors (Lipinski definition) is 3. The fourth-order valence-electron chi connectivity index (χ4n) is 2.47. The molecule has 1 N–H and O–H groups in total. The van der Waals surface area contributed by atoms with Gasteiger partial charge in [-0.2, -0.15) is 5.10 Å². The van der Waals surface area contributed by atoms with Gasteiger partial charge in [0.2, 0.25) is 0 Å². The van der Waals surface area contributed by atoms with E-state index in [0.717, 1.165) is 17.1 Å². The Labute approximate surface area is 153 Å². The first-order chi connectivity index (χ1) is 12.5. The summed E-state index contributed by atoms with van der Waals surface area (Å²) in [6.45, 7) is 2.53. The quantitative estimate of drug-likeness (QED) is 0.751. The van der Waals surface area contributed by atoms with Crippen LogP contribution < -0.4 is 10.1 Å². The highest BCUT2D eigenvalue weighted by molar-refractivity contribution is 5.89. The summed E-state index contributed by atoms with van der Waals surface area (Å²) in [5.41, 5.74) is 2.88. The van der Waals surface area contributed by atoms with Crippen molar-refractivity contribution in [3.8, 4) is 11.5 Å². The molecular weight excluding hydrogens is 328 g/mol. The molecule has 0 aliphatic heterocycles. The van der Waals surface area contributed by atoms with Crippen molar-refractivity contribution in [2.75, 3.05) is 12.4 Å². The number of urea groups is 1. The zero-order chi connectivity index (χ0) is 18.5. The SMILES string of the molecule is Cc1ccc(Oc2ccc(NC(=O)N(C)Cc3cnn(C)c3)cc2)cc1. The second-order valence-electron chi connectivity index (χ2n) is 6.25. The van der Waals surface area contributed by atoms with Crippen LogP contribution in [-0.2, 0) is 13.6 Å². The lowest BCUT2D eigenvalue weighted by atomic mass is 10.2. The van der Waals surface area contributed by atoms with Gasteiger partial charge in [-0.25, -0.2) is 4.79 Å². The standard InChI is InChI=1S/C20H22N4O2/c1-15-4-8-18(9-5-15)26-19-10-6-17(7-11-19)22-20(25)23(2)13-16-12-21-24(3)14-16/h4-12,14H,13H2,1-3H3,(H,22,25). The van der Waals surface area contributed by atoms with E-state index >= 15 is 0 Å². The Morgan fingerprint density at radius 2 is 1.73 bits per heavy atom. The zero-order valence-corrected chi connectivity index (χ0v) is 15.1. The molecule has 0 aliphatic rings. The van der Waals surface area contributed by atoms with Crippen molar-refractivity contribution in [1.82, 2.24) is 14.7 Å². The van der Waals surface area contributed by atoms with Crippen molar-refractivity contribution >= 4 is 11.7 Å². The van der Waals surface area contributed by atoms with Crippen LogP contribution in [0.15, 0.2) is 60.9 Å². The minimum absolute atomic E-state index is 0.180. The number of hydrogen-bond donors (Lipinski definition) is 1. The molecule has 3 rings (SSSR count). The summed E-state index contributed by atoms with van der Waals surface area (Å²) in [7, 11) is 3.60. The summed E-state index contributed by atoms with van der Waals surface area (Å²) >= 11 is 0. The average Bonchev–Trinajstić information content (AvgIpc) is 3.03. The summed E-state index contributed by atoms with van der Waals surface area (Å²) in [6, 6.07) is 15.0. The van der Waals surface area contributed by atoms with Crippen molar-refractivity contribution in [3.63, 3.8) is 0 Å². The first-order valence-electron chi connectivity index (χ1n) is 8.34. The molecule has 3 aromatic rings. The van der Waals surface area contributed by atoms with Gasteiger partial charge in [-0.05, 0) is 43.3 Å². The molecule has 0 saturated heterocycles. The van der Waals surface area contributed by atoms with Crippen LogP contribution in [0.3, 0.4) is 0 Å². The number of carbonyl (C=O) groups excluding carboxylic acids is 1. The third-order valence-electron chi connectivity index (χ3n) is 3.89. The van der Waals surface area contributed by atoms with Crippen LogP contribution in [0.25, 0.3) is 0 Å². The van der Waals surface area contributed by atoms with Gasteiger partial charge in [0.25, 0.3) is 0 Å². The van der Waals surface area contributed by atoms with E-state index in [9.17, 15) is 4.79 Å². The molecule has 2 amide bonds. The van der Waals surface area contributed by atoms with E-state index in [4.69, 9.17) is 4.74 Å². The van der Waals surface area contributed by atoms with Gasteiger partial charge in [-0.15, -0.1) is 0 Å². The summed E-state index contributed by atoms with van der Waals surface area (Å²) in [5, 5.41) is 6.98. The van der Waals surface area contributed by atoms with E-state index in [1.807, 2.05) is 68.7 Å². The lowest BCUT2D eigenvalue weighted by Gasteiger charge is -2.17. The number of aryl methyl sites for hydroxylation is 2. The molecule has 2 aromatic carbocycles. The summed E-state index contributed by atoms with van der Waals surface area (Å²) in [4.78, 5) is 13.9. The number of benzene rings is 2. The lowest BCUT2D eigenvalue weighted by molar-refractivity contribution is 0.220. The third kappa shape index (κ3) is 4.63. The smallest absolute Gasteiger partial charge is 0.321 e. The van der Waals surface area contributed by atoms with E-state index in [0.29, 0.717) is 12.2 Å². The van der Waals surface area contributed by atoms with Crippen molar-refractivity contribution < 1.29 is 9.53 Å². The van der Waals surface area contributed by atoms with E-state index < -0.39 is 0 Å². The summed E-state index contributed by atoms with van der Waals surface area (Å²) in [6.07, 6.45) is 3.64. The summed E-state index contributed by atoms with van der Waals surface area (Å²) in [5.74, 6) is 1.50. The van der Waals surface area contributed by atoms with Crippen molar-refractivity contribution in [2.24, 2.45) is 7.05 Å². The van der Waals surface area contributed by atoms with E-state index in [1.54, 1.807) is 22.8 Å². The minimum Gasteiger partial charge on any atom is -0.457 e. The Hall–Kier alpha value is -3.28. The van der Waals surface area contributed by atoms with Gasteiger partial charge < -0.3 is 15.0 Å². The number of nitrogens with zero attached hydrogens (tertiary/aromatic N) is 3. The molecule has 0 unspecified atom stereocenters. The minimum atomic E-state index is -0.180. The van der Waals surface area contributed by atoms with Crippen LogP contribution in [0.2, 0.25) is 0 Å². The Morgan fingerprint density at radius 1 is 1.12 bits per heavy atom. The van der Waals surface area contributed by atoms with E-state index in [1.165, 1.54) is 5.56 Å². The Bertz CT molecular complexity index is 870. The molecule has 0 aliphatic carbocycles. The van der Waals surface area contributed by atoms with Gasteiger partial charge in [0, 0.05) is 31.5 Å². The molecule has 6 heteroatoms. The molecule has 0 fully saturated rings. The van der Waals surface area contributed by atoms with Crippen LogP contribution in [0.4, 0.5) is 10.5 Å². The van der Waals surface area contributed by atoms with Gasteiger partial charge in [0.1, 0.15) is 11.5 Å². The molecule has 0 saturated carbocycles. The highest BCUT2D eigenvalue weighted by atomic mass is 16.5. The largest absolute Gasteiger partial charge is 0.457 e. The molecule has 26 heavy (non-hydrogen) atoms. The van der Waals surface area contributed by atoms with Gasteiger partial charge in [0.15, 0.2) is 0 Å². The van der Waals surface area contributed by atoms with Gasteiger partial charge in [-0.1, -0.05) is 17.7 Å². The predicted octanol–water partition coefficient (Wildman–Crippen LogP) is 4.18. The van der Waals surface area contributed by atoms with Crippen LogP contribution in [0.5, 0.6) is 11.5 Å². The second kappa shape index (κ2) is 7.74. The number of aromatic nitrogens is 2. The van der Waals surface area contributed by atoms with Gasteiger partial charge in [0.05, 0.1) is 12.7 Å². The highest BCUT2D eigenvalue weighted by Crippen LogP contribution is 2.23. The maximum atomic E-state index is 12.3. The number of rotatable bonds is 5. The molecule has 134 valence electrons. The third-order valence-corrected chi connectivity index (χ3v) is 3.89. The van der Waals surface area contributed by atoms with Crippen LogP contribution in [0, 0.1) is 6.92 Å². The number of anilines is 1. The normalized spacial score (nSPS) is 10.4. The van der Waals surface area contributed by atoms with Gasteiger partial charge >= 0.3 is 6.03 Å². The van der Waals surface area contributed by atoms with E-state index in [2.05, 4.69) is 10.4 Å². The number of ether oxygens (including phenoxy) is 1.